The maximum atomic E-state index is 12.8. The number of aromatic nitrogens is 1. The van der Waals surface area contributed by atoms with Crippen LogP contribution in [0.25, 0.3) is 12.2 Å². The summed E-state index contributed by atoms with van der Waals surface area (Å²) in [5, 5.41) is 0. The monoisotopic (exact) mass is 365 g/mol. The van der Waals surface area contributed by atoms with E-state index in [-0.39, 0.29) is 5.91 Å². The molecule has 0 spiro atoms. The molecule has 5 nitrogen and oxygen atoms in total. The molecule has 2 heterocycles. The Morgan fingerprint density at radius 1 is 0.963 bits per heavy atom. The van der Waals surface area contributed by atoms with Crippen molar-refractivity contribution in [2.45, 2.75) is 19.4 Å². The summed E-state index contributed by atoms with van der Waals surface area (Å²) in [6.07, 6.45) is 7.63. The molecule has 5 heteroatoms. The average molecular weight is 365 g/mol. The standard InChI is InChI=1S/C22H27N3O2/c1-22(2,21(26)25-16-14-24(3)15-17-25)27-20-8-6-18(7-9-20)4-5-19-10-12-23-13-11-19/h4-13H,14-17H2,1-3H3/b5-4+. The van der Waals surface area contributed by atoms with Crippen LogP contribution in [-0.2, 0) is 4.79 Å². The van der Waals surface area contributed by atoms with Gasteiger partial charge in [-0.25, -0.2) is 0 Å². The van der Waals surface area contributed by atoms with Gasteiger partial charge in [-0.15, -0.1) is 0 Å². The molecule has 1 saturated heterocycles. The second-order valence-electron chi connectivity index (χ2n) is 7.39. The van der Waals surface area contributed by atoms with Gasteiger partial charge in [0.05, 0.1) is 0 Å². The number of amides is 1. The Hall–Kier alpha value is -2.66. The number of hydrogen-bond donors (Lipinski definition) is 0. The number of likely N-dealkylation sites (N-methyl/N-ethyl adjacent to an activating group) is 1. The van der Waals surface area contributed by atoms with E-state index in [1.807, 2.05) is 67.3 Å². The van der Waals surface area contributed by atoms with Gasteiger partial charge in [-0.2, -0.15) is 0 Å². The highest BCUT2D eigenvalue weighted by atomic mass is 16.5. The van der Waals surface area contributed by atoms with Crippen LogP contribution < -0.4 is 4.74 Å². The molecule has 0 bridgehead atoms. The summed E-state index contributed by atoms with van der Waals surface area (Å²) in [6, 6.07) is 11.7. The molecule has 0 unspecified atom stereocenters. The fourth-order valence-electron chi connectivity index (χ4n) is 3.04. The van der Waals surface area contributed by atoms with Gasteiger partial charge in [-0.05, 0) is 56.3 Å². The zero-order valence-corrected chi connectivity index (χ0v) is 16.3. The summed E-state index contributed by atoms with van der Waals surface area (Å²) in [5.41, 5.74) is 1.29. The summed E-state index contributed by atoms with van der Waals surface area (Å²) >= 11 is 0. The van der Waals surface area contributed by atoms with Gasteiger partial charge in [-0.1, -0.05) is 24.3 Å². The quantitative estimate of drug-likeness (QED) is 0.816. The molecule has 0 aliphatic carbocycles. The van der Waals surface area contributed by atoms with Crippen molar-refractivity contribution in [3.05, 3.63) is 59.9 Å². The predicted octanol–water partition coefficient (Wildman–Crippen LogP) is 3.18. The summed E-state index contributed by atoms with van der Waals surface area (Å²) in [7, 11) is 2.08. The Balaban J connectivity index is 1.61. The smallest absolute Gasteiger partial charge is 0.266 e. The number of carbonyl (C=O) groups excluding carboxylic acids is 1. The van der Waals surface area contributed by atoms with E-state index in [0.717, 1.165) is 37.3 Å². The molecule has 1 amide bonds. The first-order valence-electron chi connectivity index (χ1n) is 9.29. The molecule has 1 aliphatic rings. The first kappa shape index (κ1) is 19.1. The molecule has 1 aromatic heterocycles. The third-order valence-electron chi connectivity index (χ3n) is 4.73. The van der Waals surface area contributed by atoms with Gasteiger partial charge in [0.15, 0.2) is 5.60 Å². The highest BCUT2D eigenvalue weighted by Crippen LogP contribution is 2.22. The maximum Gasteiger partial charge on any atom is 0.266 e. The lowest BCUT2D eigenvalue weighted by Crippen LogP contribution is -2.55. The van der Waals surface area contributed by atoms with Crippen molar-refractivity contribution in [1.82, 2.24) is 14.8 Å². The number of pyridine rings is 1. The molecule has 0 saturated carbocycles. The van der Waals surface area contributed by atoms with Crippen LogP contribution in [0.2, 0.25) is 0 Å². The van der Waals surface area contributed by atoms with Crippen molar-refractivity contribution in [2.75, 3.05) is 33.2 Å². The number of hydrogen-bond acceptors (Lipinski definition) is 4. The summed E-state index contributed by atoms with van der Waals surface area (Å²) in [6.45, 7) is 6.98. The van der Waals surface area contributed by atoms with Crippen LogP contribution in [0.3, 0.4) is 0 Å². The Morgan fingerprint density at radius 2 is 1.52 bits per heavy atom. The number of nitrogens with zero attached hydrogens (tertiary/aromatic N) is 3. The third kappa shape index (κ3) is 5.17. The minimum absolute atomic E-state index is 0.0391. The van der Waals surface area contributed by atoms with E-state index in [4.69, 9.17) is 4.74 Å². The molecule has 27 heavy (non-hydrogen) atoms. The lowest BCUT2D eigenvalue weighted by Gasteiger charge is -2.37. The number of benzene rings is 1. The van der Waals surface area contributed by atoms with Crippen molar-refractivity contribution in [3.8, 4) is 5.75 Å². The second kappa shape index (κ2) is 8.35. The van der Waals surface area contributed by atoms with E-state index in [2.05, 4.69) is 16.9 Å². The van der Waals surface area contributed by atoms with Crippen molar-refractivity contribution in [3.63, 3.8) is 0 Å². The van der Waals surface area contributed by atoms with Crippen LogP contribution in [-0.4, -0.2) is 59.5 Å². The van der Waals surface area contributed by atoms with E-state index < -0.39 is 5.60 Å². The molecule has 0 atom stereocenters. The average Bonchev–Trinajstić information content (AvgIpc) is 2.68. The lowest BCUT2D eigenvalue weighted by atomic mass is 10.1. The fraction of sp³-hybridized carbons (Fsp3) is 0.364. The SMILES string of the molecule is CN1CCN(C(=O)C(C)(C)Oc2ccc(/C=C/c3ccncc3)cc2)CC1. The zero-order valence-electron chi connectivity index (χ0n) is 16.3. The Morgan fingerprint density at radius 3 is 2.11 bits per heavy atom. The van der Waals surface area contributed by atoms with Crippen LogP contribution in [0.4, 0.5) is 0 Å². The van der Waals surface area contributed by atoms with Crippen molar-refractivity contribution >= 4 is 18.1 Å². The fourth-order valence-corrected chi connectivity index (χ4v) is 3.04. The number of piperazine rings is 1. The summed E-state index contributed by atoms with van der Waals surface area (Å²) < 4.78 is 6.02. The van der Waals surface area contributed by atoms with Gasteiger partial charge in [0.2, 0.25) is 0 Å². The van der Waals surface area contributed by atoms with E-state index in [1.165, 1.54) is 0 Å². The van der Waals surface area contributed by atoms with Gasteiger partial charge >= 0.3 is 0 Å². The molecule has 0 N–H and O–H groups in total. The van der Waals surface area contributed by atoms with Gasteiger partial charge < -0.3 is 14.5 Å². The van der Waals surface area contributed by atoms with Gasteiger partial charge in [-0.3, -0.25) is 9.78 Å². The minimum Gasteiger partial charge on any atom is -0.478 e. The zero-order chi connectivity index (χ0) is 19.3. The van der Waals surface area contributed by atoms with Crippen LogP contribution in [0.1, 0.15) is 25.0 Å². The third-order valence-corrected chi connectivity index (χ3v) is 4.73. The highest BCUT2D eigenvalue weighted by molar-refractivity contribution is 5.85. The van der Waals surface area contributed by atoms with Crippen molar-refractivity contribution in [1.29, 1.82) is 0 Å². The largest absolute Gasteiger partial charge is 0.478 e. The molecule has 1 fully saturated rings. The molecule has 142 valence electrons. The van der Waals surface area contributed by atoms with Gasteiger partial charge in [0.25, 0.3) is 5.91 Å². The van der Waals surface area contributed by atoms with Crippen molar-refractivity contribution < 1.29 is 9.53 Å². The first-order valence-corrected chi connectivity index (χ1v) is 9.29. The molecule has 2 aromatic rings. The van der Waals surface area contributed by atoms with E-state index in [0.29, 0.717) is 5.75 Å². The van der Waals surface area contributed by atoms with Crippen LogP contribution >= 0.6 is 0 Å². The molecule has 1 aromatic carbocycles. The number of rotatable bonds is 5. The number of ether oxygens (including phenoxy) is 1. The van der Waals surface area contributed by atoms with E-state index in [9.17, 15) is 4.79 Å². The number of carbonyl (C=O) groups is 1. The predicted molar refractivity (Wildman–Crippen MR) is 108 cm³/mol. The van der Waals surface area contributed by atoms with Crippen LogP contribution in [0.5, 0.6) is 5.75 Å². The maximum absolute atomic E-state index is 12.8. The summed E-state index contributed by atoms with van der Waals surface area (Å²) in [5.74, 6) is 0.737. The Bertz CT molecular complexity index is 777. The topological polar surface area (TPSA) is 45.7 Å². The lowest BCUT2D eigenvalue weighted by molar-refractivity contribution is -0.147. The van der Waals surface area contributed by atoms with Crippen LogP contribution in [0, 0.1) is 0 Å². The highest BCUT2D eigenvalue weighted by Gasteiger charge is 2.35. The Kier molecular flexibility index (Phi) is 5.91. The normalized spacial score (nSPS) is 15.9. The van der Waals surface area contributed by atoms with Crippen LogP contribution in [0.15, 0.2) is 48.8 Å². The van der Waals surface area contributed by atoms with E-state index >= 15 is 0 Å². The Labute approximate surface area is 161 Å². The van der Waals surface area contributed by atoms with E-state index in [1.54, 1.807) is 12.4 Å². The first-order chi connectivity index (χ1) is 12.9. The summed E-state index contributed by atoms with van der Waals surface area (Å²) in [4.78, 5) is 21.0. The molecular formula is C22H27N3O2. The minimum atomic E-state index is -0.885. The van der Waals surface area contributed by atoms with Gasteiger partial charge in [0, 0.05) is 38.6 Å². The molecular weight excluding hydrogens is 338 g/mol. The van der Waals surface area contributed by atoms with Gasteiger partial charge in [0.1, 0.15) is 5.75 Å². The molecule has 1 aliphatic heterocycles. The van der Waals surface area contributed by atoms with Crippen molar-refractivity contribution in [2.24, 2.45) is 0 Å². The molecule has 0 radical (unpaired) electrons. The second-order valence-corrected chi connectivity index (χ2v) is 7.39. The molecule has 3 rings (SSSR count).